The van der Waals surface area contributed by atoms with Gasteiger partial charge in [-0.1, -0.05) is 4.89 Å². The van der Waals surface area contributed by atoms with Crippen molar-refractivity contribution in [1.82, 2.24) is 4.89 Å². The third-order valence-corrected chi connectivity index (χ3v) is 4.61. The largest absolute Gasteiger partial charge is 0.460 e. The van der Waals surface area contributed by atoms with Crippen LogP contribution < -0.4 is 4.89 Å². The van der Waals surface area contributed by atoms with Gasteiger partial charge in [0.05, 0.1) is 6.61 Å². The number of sulfonamides is 1. The summed E-state index contributed by atoms with van der Waals surface area (Å²) in [7, 11) is -7.39. The first-order valence-corrected chi connectivity index (χ1v) is 8.39. The molecule has 0 saturated carbocycles. The maximum Gasteiger partial charge on any atom is 0.460 e. The van der Waals surface area contributed by atoms with Crippen molar-refractivity contribution in [2.75, 3.05) is 6.61 Å². The molecular weight excluding hydrogens is 537 g/mol. The molecular formula is C10H6F17NO3S. The molecule has 0 rings (SSSR count). The van der Waals surface area contributed by atoms with Crippen LogP contribution in [0.1, 0.15) is 6.92 Å². The molecule has 0 spiro atoms. The standard InChI is InChI=1S/C10H6F17NO3S/c1-2-31-28-32(29,30)10(26,27)8(21,22)6(17,18)4(13,14)3(11,12)5(15,16)7(19,20)9(23,24)25/h28H,2H2,1H3. The number of hydrogen-bond acceptors (Lipinski definition) is 3. The lowest BCUT2D eigenvalue weighted by Crippen LogP contribution is -2.75. The Morgan fingerprint density at radius 3 is 1.12 bits per heavy atom. The minimum atomic E-state index is -8.85. The Kier molecular flexibility index (Phi) is 7.55. The molecule has 22 heteroatoms. The van der Waals surface area contributed by atoms with E-state index in [2.05, 4.69) is 4.84 Å². The van der Waals surface area contributed by atoms with Gasteiger partial charge in [-0.15, -0.1) is 0 Å². The Hall–Kier alpha value is -1.32. The van der Waals surface area contributed by atoms with E-state index in [1.54, 1.807) is 0 Å². The van der Waals surface area contributed by atoms with Gasteiger partial charge in [-0.05, 0) is 6.92 Å². The van der Waals surface area contributed by atoms with E-state index in [0.29, 0.717) is 0 Å². The summed E-state index contributed by atoms with van der Waals surface area (Å²) >= 11 is 0. The molecule has 194 valence electrons. The van der Waals surface area contributed by atoms with Crippen LogP contribution in [0.25, 0.3) is 0 Å². The molecule has 0 atom stereocenters. The van der Waals surface area contributed by atoms with E-state index in [9.17, 15) is 83.1 Å². The zero-order valence-electron chi connectivity index (χ0n) is 14.3. The second-order valence-corrected chi connectivity index (χ2v) is 7.17. The highest BCUT2D eigenvalue weighted by Gasteiger charge is 2.96. The van der Waals surface area contributed by atoms with E-state index in [4.69, 9.17) is 0 Å². The average molecular weight is 543 g/mol. The number of alkyl halides is 17. The normalized spacial score (nSPS) is 16.4. The molecule has 0 aliphatic heterocycles. The van der Waals surface area contributed by atoms with Gasteiger partial charge in [0.2, 0.25) is 0 Å². The average Bonchev–Trinajstić information content (AvgIpc) is 2.57. The SMILES string of the molecule is CCONS(=O)(=O)C(F)(F)C(F)(F)C(F)(F)C(F)(F)C(F)(F)C(F)(F)C(F)(F)C(F)(F)F. The Labute approximate surface area is 164 Å². The molecule has 0 fully saturated rings. The molecule has 0 saturated heterocycles. The third-order valence-electron chi connectivity index (χ3n) is 3.34. The first-order valence-electron chi connectivity index (χ1n) is 6.90. The predicted molar refractivity (Wildman–Crippen MR) is 64.4 cm³/mol. The zero-order valence-corrected chi connectivity index (χ0v) is 15.1. The highest BCUT2D eigenvalue weighted by atomic mass is 32.2. The van der Waals surface area contributed by atoms with E-state index in [-0.39, 0.29) is 4.89 Å². The van der Waals surface area contributed by atoms with E-state index in [1.807, 2.05) is 0 Å². The van der Waals surface area contributed by atoms with Crippen molar-refractivity contribution < 1.29 is 87.9 Å². The number of halogens is 17. The molecule has 0 aliphatic carbocycles. The molecule has 32 heavy (non-hydrogen) atoms. The van der Waals surface area contributed by atoms with Gasteiger partial charge in [0, 0.05) is 0 Å². The fraction of sp³-hybridized carbons (Fsp3) is 1.00. The van der Waals surface area contributed by atoms with Crippen LogP contribution in [-0.4, -0.2) is 62.0 Å². The van der Waals surface area contributed by atoms with Crippen molar-refractivity contribution >= 4 is 10.0 Å². The maximum absolute atomic E-state index is 13.4. The molecule has 1 N–H and O–H groups in total. The van der Waals surface area contributed by atoms with Crippen LogP contribution in [0.3, 0.4) is 0 Å². The summed E-state index contributed by atoms with van der Waals surface area (Å²) in [5.41, 5.74) is 0. The zero-order chi connectivity index (χ0) is 26.6. The van der Waals surface area contributed by atoms with E-state index >= 15 is 0 Å². The van der Waals surface area contributed by atoms with Crippen LogP contribution in [0, 0.1) is 0 Å². The minimum Gasteiger partial charge on any atom is -0.287 e. The lowest BCUT2D eigenvalue weighted by atomic mass is 9.91. The first-order chi connectivity index (χ1) is 13.6. The molecule has 0 aromatic rings. The topological polar surface area (TPSA) is 55.4 Å². The van der Waals surface area contributed by atoms with E-state index in [1.165, 1.54) is 0 Å². The summed E-state index contributed by atoms with van der Waals surface area (Å²) in [4.78, 5) is 3.36. The van der Waals surface area contributed by atoms with Crippen LogP contribution in [0.15, 0.2) is 0 Å². The molecule has 0 heterocycles. The van der Waals surface area contributed by atoms with Gasteiger partial charge >= 0.3 is 57.0 Å². The van der Waals surface area contributed by atoms with Crippen LogP contribution in [-0.2, 0) is 14.9 Å². The van der Waals surface area contributed by atoms with E-state index in [0.717, 1.165) is 6.92 Å². The Balaban J connectivity index is 6.85. The van der Waals surface area contributed by atoms with Gasteiger partial charge in [0.15, 0.2) is 0 Å². The van der Waals surface area contributed by atoms with E-state index < -0.39 is 63.6 Å². The quantitative estimate of drug-likeness (QED) is 0.318. The highest BCUT2D eigenvalue weighted by Crippen LogP contribution is 2.64. The predicted octanol–water partition coefficient (Wildman–Crippen LogP) is 4.82. The lowest BCUT2D eigenvalue weighted by Gasteiger charge is -2.42. The molecule has 0 bridgehead atoms. The van der Waals surface area contributed by atoms with Gasteiger partial charge in [-0.3, -0.25) is 4.84 Å². The van der Waals surface area contributed by atoms with Crippen LogP contribution in [0.5, 0.6) is 0 Å². The Morgan fingerprint density at radius 2 is 0.844 bits per heavy atom. The van der Waals surface area contributed by atoms with Crippen LogP contribution in [0.2, 0.25) is 0 Å². The minimum absolute atomic E-state index is 0.0487. The van der Waals surface area contributed by atoms with Gasteiger partial charge in [-0.2, -0.15) is 74.6 Å². The molecule has 0 amide bonds. The number of nitrogens with one attached hydrogen (secondary N) is 1. The molecule has 0 aliphatic rings. The monoisotopic (exact) mass is 543 g/mol. The summed E-state index contributed by atoms with van der Waals surface area (Å²) < 4.78 is 242. The second kappa shape index (κ2) is 7.87. The Morgan fingerprint density at radius 1 is 0.562 bits per heavy atom. The van der Waals surface area contributed by atoms with Gasteiger partial charge in [0.25, 0.3) is 0 Å². The summed E-state index contributed by atoms with van der Waals surface area (Å²) in [5, 5.41) is -7.62. The smallest absolute Gasteiger partial charge is 0.287 e. The lowest BCUT2D eigenvalue weighted by molar-refractivity contribution is -0.458. The molecule has 0 unspecified atom stereocenters. The van der Waals surface area contributed by atoms with Crippen molar-refractivity contribution in [3.8, 4) is 0 Å². The van der Waals surface area contributed by atoms with Crippen molar-refractivity contribution in [3.63, 3.8) is 0 Å². The number of hydrogen-bond donors (Lipinski definition) is 1. The first kappa shape index (κ1) is 30.7. The van der Waals surface area contributed by atoms with Crippen molar-refractivity contribution in [3.05, 3.63) is 0 Å². The fourth-order valence-electron chi connectivity index (χ4n) is 1.51. The molecule has 4 nitrogen and oxygen atoms in total. The molecule has 0 aromatic carbocycles. The maximum atomic E-state index is 13.4. The molecule has 0 radical (unpaired) electrons. The third kappa shape index (κ3) is 3.84. The second-order valence-electron chi connectivity index (χ2n) is 5.48. The van der Waals surface area contributed by atoms with Crippen LogP contribution in [0.4, 0.5) is 74.6 Å². The number of rotatable bonds is 10. The summed E-state index contributed by atoms with van der Waals surface area (Å²) in [6.45, 7) is -0.310. The van der Waals surface area contributed by atoms with Gasteiger partial charge < -0.3 is 0 Å². The fourth-order valence-corrected chi connectivity index (χ4v) is 2.35. The van der Waals surface area contributed by atoms with Gasteiger partial charge in [0.1, 0.15) is 0 Å². The van der Waals surface area contributed by atoms with Crippen LogP contribution >= 0.6 is 0 Å². The van der Waals surface area contributed by atoms with Crippen molar-refractivity contribution in [2.24, 2.45) is 0 Å². The molecule has 0 aromatic heterocycles. The van der Waals surface area contributed by atoms with Crippen molar-refractivity contribution in [1.29, 1.82) is 0 Å². The highest BCUT2D eigenvalue weighted by molar-refractivity contribution is 7.90. The van der Waals surface area contributed by atoms with Crippen molar-refractivity contribution in [2.45, 2.75) is 53.9 Å². The summed E-state index contributed by atoms with van der Waals surface area (Å²) in [5.74, 6) is -51.7. The summed E-state index contributed by atoms with van der Waals surface area (Å²) in [6, 6.07) is 0. The Bertz CT molecular complexity index is 787. The summed E-state index contributed by atoms with van der Waals surface area (Å²) in [6.07, 6.45) is -7.87. The van der Waals surface area contributed by atoms with Gasteiger partial charge in [-0.25, -0.2) is 8.42 Å².